The molecule has 0 radical (unpaired) electrons. The quantitative estimate of drug-likeness (QED) is 0.294. The fourth-order valence-electron chi connectivity index (χ4n) is 2.79. The van der Waals surface area contributed by atoms with Gasteiger partial charge in [0.05, 0.1) is 10.9 Å². The molecule has 1 atom stereocenters. The topological polar surface area (TPSA) is 77.2 Å². The largest absolute Gasteiger partial charge is 0.495 e. The number of aromatic nitrogens is 3. The van der Waals surface area contributed by atoms with E-state index in [1.165, 1.54) is 0 Å². The number of hydrogen-bond donors (Lipinski definition) is 1. The van der Waals surface area contributed by atoms with Crippen molar-refractivity contribution in [2.75, 3.05) is 6.61 Å². The lowest BCUT2D eigenvalue weighted by Gasteiger charge is -2.32. The van der Waals surface area contributed by atoms with Crippen molar-refractivity contribution in [2.24, 2.45) is 5.41 Å². The number of benzene rings is 1. The second kappa shape index (κ2) is 8.30. The van der Waals surface area contributed by atoms with Gasteiger partial charge in [-0.05, 0) is 59.6 Å². The normalized spacial score (nSPS) is 14.4. The lowest BCUT2D eigenvalue weighted by molar-refractivity contribution is -0.151. The summed E-state index contributed by atoms with van der Waals surface area (Å²) >= 11 is 3.57. The fraction of sp³-hybridized carbons (Fsp3) is 0.500. The molecule has 0 spiro atoms. The SMILES string of the molecule is C=C(CCC(C)(COC(=C)C(C)(C)n1nnc2ccccc21)C(=O)O)C(C)(C)Br. The molecule has 1 heterocycles. The van der Waals surface area contributed by atoms with Crippen molar-refractivity contribution in [3.05, 3.63) is 48.8 Å². The Labute approximate surface area is 180 Å². The van der Waals surface area contributed by atoms with E-state index in [-0.39, 0.29) is 10.9 Å². The minimum atomic E-state index is -1.06. The van der Waals surface area contributed by atoms with Crippen molar-refractivity contribution in [2.45, 2.75) is 57.3 Å². The van der Waals surface area contributed by atoms with Crippen LogP contribution in [0.1, 0.15) is 47.5 Å². The van der Waals surface area contributed by atoms with Crippen molar-refractivity contribution >= 4 is 32.9 Å². The second-order valence-corrected chi connectivity index (χ2v) is 10.7. The van der Waals surface area contributed by atoms with Crippen LogP contribution in [0.4, 0.5) is 0 Å². The molecule has 1 aromatic heterocycles. The molecule has 0 fully saturated rings. The Kier molecular flexibility index (Phi) is 6.62. The van der Waals surface area contributed by atoms with Gasteiger partial charge >= 0.3 is 5.97 Å². The molecule has 1 unspecified atom stereocenters. The number of fused-ring (bicyclic) bond motifs is 1. The summed E-state index contributed by atoms with van der Waals surface area (Å²) in [4.78, 5) is 12.0. The maximum absolute atomic E-state index is 12.0. The molecule has 0 aliphatic rings. The third-order valence-corrected chi connectivity index (χ3v) is 6.03. The van der Waals surface area contributed by atoms with Gasteiger partial charge in [-0.15, -0.1) is 5.10 Å². The smallest absolute Gasteiger partial charge is 0.312 e. The highest BCUT2D eigenvalue weighted by atomic mass is 79.9. The molecule has 0 bridgehead atoms. The van der Waals surface area contributed by atoms with Gasteiger partial charge in [-0.3, -0.25) is 4.79 Å². The monoisotopic (exact) mass is 463 g/mol. The molecule has 1 N–H and O–H groups in total. The molecule has 29 heavy (non-hydrogen) atoms. The summed E-state index contributed by atoms with van der Waals surface area (Å²) in [7, 11) is 0. The van der Waals surface area contributed by atoms with Crippen LogP contribution in [-0.2, 0) is 15.1 Å². The fourth-order valence-corrected chi connectivity index (χ4v) is 2.99. The van der Waals surface area contributed by atoms with Crippen molar-refractivity contribution in [1.82, 2.24) is 15.0 Å². The van der Waals surface area contributed by atoms with Crippen molar-refractivity contribution in [3.8, 4) is 0 Å². The van der Waals surface area contributed by atoms with E-state index in [9.17, 15) is 9.90 Å². The highest BCUT2D eigenvalue weighted by molar-refractivity contribution is 9.10. The van der Waals surface area contributed by atoms with E-state index in [2.05, 4.69) is 39.4 Å². The number of carbonyl (C=O) groups is 1. The number of aliphatic carboxylic acids is 1. The average molecular weight is 464 g/mol. The Balaban J connectivity index is 2.13. The van der Waals surface area contributed by atoms with Gasteiger partial charge in [0, 0.05) is 4.32 Å². The summed E-state index contributed by atoms with van der Waals surface area (Å²) in [5.74, 6) is -0.477. The number of hydrogen-bond acceptors (Lipinski definition) is 4. The predicted octanol–water partition coefficient (Wildman–Crippen LogP) is 5.30. The third kappa shape index (κ3) is 5.07. The molecule has 2 rings (SSSR count). The molecule has 0 amide bonds. The minimum Gasteiger partial charge on any atom is -0.495 e. The van der Waals surface area contributed by atoms with Crippen LogP contribution < -0.4 is 0 Å². The first kappa shape index (κ1) is 23.1. The summed E-state index contributed by atoms with van der Waals surface area (Å²) in [5.41, 5.74) is 0.818. The van der Waals surface area contributed by atoms with Gasteiger partial charge in [-0.2, -0.15) is 0 Å². The van der Waals surface area contributed by atoms with E-state index in [1.807, 2.05) is 52.0 Å². The van der Waals surface area contributed by atoms with Crippen LogP contribution in [0.5, 0.6) is 0 Å². The van der Waals surface area contributed by atoms with Crippen LogP contribution in [-0.4, -0.2) is 37.0 Å². The van der Waals surface area contributed by atoms with Crippen LogP contribution in [0.15, 0.2) is 48.8 Å². The van der Waals surface area contributed by atoms with E-state index in [4.69, 9.17) is 4.74 Å². The molecule has 0 saturated heterocycles. The number of halogens is 1. The number of carboxylic acids is 1. The van der Waals surface area contributed by atoms with Crippen LogP contribution in [0.3, 0.4) is 0 Å². The maximum Gasteiger partial charge on any atom is 0.312 e. The highest BCUT2D eigenvalue weighted by Gasteiger charge is 2.37. The summed E-state index contributed by atoms with van der Waals surface area (Å²) < 4.78 is 7.42. The number of rotatable bonds is 10. The highest BCUT2D eigenvalue weighted by Crippen LogP contribution is 2.35. The first-order valence-electron chi connectivity index (χ1n) is 9.53. The van der Waals surface area contributed by atoms with E-state index >= 15 is 0 Å². The Morgan fingerprint density at radius 1 is 1.21 bits per heavy atom. The lowest BCUT2D eigenvalue weighted by Crippen LogP contribution is -2.36. The van der Waals surface area contributed by atoms with Crippen LogP contribution >= 0.6 is 15.9 Å². The van der Waals surface area contributed by atoms with Crippen LogP contribution in [0, 0.1) is 5.41 Å². The zero-order chi connectivity index (χ0) is 22.0. The average Bonchev–Trinajstić information content (AvgIpc) is 3.08. The number of allylic oxidation sites excluding steroid dienone is 2. The van der Waals surface area contributed by atoms with Gasteiger partial charge in [-0.25, -0.2) is 4.68 Å². The van der Waals surface area contributed by atoms with Gasteiger partial charge in [0.2, 0.25) is 0 Å². The first-order valence-corrected chi connectivity index (χ1v) is 10.3. The zero-order valence-electron chi connectivity index (χ0n) is 17.8. The van der Waals surface area contributed by atoms with Gasteiger partial charge in [-0.1, -0.05) is 52.0 Å². The Morgan fingerprint density at radius 2 is 1.83 bits per heavy atom. The Bertz CT molecular complexity index is 927. The van der Waals surface area contributed by atoms with E-state index < -0.39 is 16.9 Å². The number of para-hydroxylation sites is 1. The van der Waals surface area contributed by atoms with Crippen molar-refractivity contribution < 1.29 is 14.6 Å². The predicted molar refractivity (Wildman–Crippen MR) is 119 cm³/mol. The van der Waals surface area contributed by atoms with Crippen LogP contribution in [0.25, 0.3) is 11.0 Å². The summed E-state index contributed by atoms with van der Waals surface area (Å²) in [5, 5.41) is 18.2. The molecular weight excluding hydrogens is 434 g/mol. The van der Waals surface area contributed by atoms with E-state index in [0.29, 0.717) is 18.6 Å². The third-order valence-electron chi connectivity index (χ3n) is 5.46. The molecule has 0 aliphatic heterocycles. The van der Waals surface area contributed by atoms with E-state index in [1.54, 1.807) is 11.6 Å². The van der Waals surface area contributed by atoms with Gasteiger partial charge < -0.3 is 9.84 Å². The first-order chi connectivity index (χ1) is 13.3. The van der Waals surface area contributed by atoms with Gasteiger partial charge in [0.25, 0.3) is 0 Å². The standard InChI is InChI=1S/C22H30BrN3O3/c1-15(20(3,4)23)12-13-22(7,19(27)28)14-29-16(2)21(5,6)26-18-11-9-8-10-17(18)24-25-26/h8-11H,1-2,12-14H2,3-7H3,(H,27,28). The zero-order valence-corrected chi connectivity index (χ0v) is 19.4. The molecular formula is C22H30BrN3O3. The van der Waals surface area contributed by atoms with Crippen LogP contribution in [0.2, 0.25) is 0 Å². The van der Waals surface area contributed by atoms with Gasteiger partial charge in [0.15, 0.2) is 0 Å². The van der Waals surface area contributed by atoms with E-state index in [0.717, 1.165) is 16.6 Å². The Morgan fingerprint density at radius 3 is 2.41 bits per heavy atom. The molecule has 6 nitrogen and oxygen atoms in total. The molecule has 2 aromatic rings. The molecule has 0 saturated carbocycles. The maximum atomic E-state index is 12.0. The number of ether oxygens (including phenoxy) is 1. The second-order valence-electron chi connectivity index (χ2n) is 8.70. The minimum absolute atomic E-state index is 0.00716. The summed E-state index contributed by atoms with van der Waals surface area (Å²) in [6, 6.07) is 7.64. The summed E-state index contributed by atoms with van der Waals surface area (Å²) in [6.45, 7) is 17.7. The lowest BCUT2D eigenvalue weighted by atomic mass is 9.83. The molecule has 0 aliphatic carbocycles. The molecule has 7 heteroatoms. The van der Waals surface area contributed by atoms with Crippen molar-refractivity contribution in [1.29, 1.82) is 0 Å². The number of nitrogens with zero attached hydrogens (tertiary/aromatic N) is 3. The molecule has 158 valence electrons. The number of alkyl halides is 1. The Hall–Kier alpha value is -2.15. The molecule has 1 aromatic carbocycles. The van der Waals surface area contributed by atoms with Gasteiger partial charge in [0.1, 0.15) is 23.4 Å². The van der Waals surface area contributed by atoms with Crippen molar-refractivity contribution in [3.63, 3.8) is 0 Å². The summed E-state index contributed by atoms with van der Waals surface area (Å²) in [6.07, 6.45) is 0.990. The number of carboxylic acid groups (broad SMARTS) is 1.